The van der Waals surface area contributed by atoms with Crippen LogP contribution in [0.25, 0.3) is 0 Å². The maximum absolute atomic E-state index is 6.79. The van der Waals surface area contributed by atoms with Crippen molar-refractivity contribution in [2.24, 2.45) is 11.8 Å². The average molecular weight is 436 g/mol. The molecule has 5 heteroatoms. The molecule has 2 aliphatic carbocycles. The van der Waals surface area contributed by atoms with Gasteiger partial charge in [-0.3, -0.25) is 0 Å². The number of hydrogen-bond acceptors (Lipinski definition) is 5. The average Bonchev–Trinajstić information content (AvgIpc) is 3.07. The highest BCUT2D eigenvalue weighted by atomic mass is 16.6. The Morgan fingerprint density at radius 2 is 1.97 bits per heavy atom. The molecule has 2 bridgehead atoms. The predicted octanol–water partition coefficient (Wildman–Crippen LogP) is 3.87. The van der Waals surface area contributed by atoms with Crippen LogP contribution in [-0.4, -0.2) is 45.6 Å². The molecule has 32 heavy (non-hydrogen) atoms. The third kappa shape index (κ3) is 3.01. The third-order valence-electron chi connectivity index (χ3n) is 8.44. The maximum atomic E-state index is 6.79. The Morgan fingerprint density at radius 3 is 2.78 bits per heavy atom. The molecule has 2 aliphatic heterocycles. The van der Waals surface area contributed by atoms with Crippen molar-refractivity contribution < 1.29 is 18.9 Å². The number of hydrogen-bond donors (Lipinski definition) is 1. The molecule has 0 radical (unpaired) electrons. The highest BCUT2D eigenvalue weighted by molar-refractivity contribution is 5.61. The van der Waals surface area contributed by atoms with E-state index in [1.807, 2.05) is 13.2 Å². The van der Waals surface area contributed by atoms with E-state index in [2.05, 4.69) is 41.7 Å². The minimum Gasteiger partial charge on any atom is -0.493 e. The van der Waals surface area contributed by atoms with Gasteiger partial charge in [0.15, 0.2) is 11.5 Å². The minimum absolute atomic E-state index is 0.00221. The van der Waals surface area contributed by atoms with Gasteiger partial charge >= 0.3 is 0 Å². The lowest BCUT2D eigenvalue weighted by Gasteiger charge is -2.52. The summed E-state index contributed by atoms with van der Waals surface area (Å²) in [6.07, 6.45) is 4.33. The lowest BCUT2D eigenvalue weighted by atomic mass is 9.55. The topological polar surface area (TPSA) is 49.0 Å². The summed E-state index contributed by atoms with van der Waals surface area (Å²) in [4.78, 5) is 0. The molecule has 4 aliphatic rings. The van der Waals surface area contributed by atoms with Crippen LogP contribution >= 0.6 is 0 Å². The Morgan fingerprint density at radius 1 is 1.09 bits per heavy atom. The van der Waals surface area contributed by atoms with Crippen LogP contribution in [-0.2, 0) is 27.9 Å². The molecule has 2 aromatic carbocycles. The quantitative estimate of drug-likeness (QED) is 0.747. The molecular formula is C27H33NO4. The van der Waals surface area contributed by atoms with E-state index < -0.39 is 0 Å². The fraction of sp³-hybridized carbons (Fsp3) is 0.556. The van der Waals surface area contributed by atoms with E-state index in [-0.39, 0.29) is 17.6 Å². The zero-order valence-electron chi connectivity index (χ0n) is 19.0. The van der Waals surface area contributed by atoms with Gasteiger partial charge in [0.2, 0.25) is 0 Å². The van der Waals surface area contributed by atoms with Crippen LogP contribution in [0.2, 0.25) is 0 Å². The molecule has 0 aromatic heterocycles. The largest absolute Gasteiger partial charge is 0.493 e. The fourth-order valence-corrected chi connectivity index (χ4v) is 7.17. The summed E-state index contributed by atoms with van der Waals surface area (Å²) in [5.41, 5.74) is 4.07. The maximum Gasteiger partial charge on any atom is 0.165 e. The number of piperidine rings is 1. The standard InChI is InChI=1S/C27H33NO4/c1-29-22-9-8-19-14-21-20-12-18(16-31-15-17-6-4-3-5-7-17)13-23(30-2)26-27(20,10-11-28-21)24(19)25(22)32-26/h3-9,18,20-21,23,26,28H,10-16H2,1-2H3. The van der Waals surface area contributed by atoms with Crippen molar-refractivity contribution in [2.75, 3.05) is 27.4 Å². The molecule has 1 N–H and O–H groups in total. The molecule has 2 aromatic rings. The molecular weight excluding hydrogens is 402 g/mol. The molecule has 1 saturated heterocycles. The highest BCUT2D eigenvalue weighted by Gasteiger charge is 2.64. The molecule has 6 rings (SSSR count). The van der Waals surface area contributed by atoms with Crippen molar-refractivity contribution >= 4 is 0 Å². The fourth-order valence-electron chi connectivity index (χ4n) is 7.17. The van der Waals surface area contributed by atoms with E-state index >= 15 is 0 Å². The van der Waals surface area contributed by atoms with Gasteiger partial charge in [0.1, 0.15) is 6.10 Å². The van der Waals surface area contributed by atoms with Crippen molar-refractivity contribution in [3.05, 3.63) is 59.2 Å². The summed E-state index contributed by atoms with van der Waals surface area (Å²) in [6.45, 7) is 2.46. The second-order valence-electron chi connectivity index (χ2n) is 9.94. The highest BCUT2D eigenvalue weighted by Crippen LogP contribution is 2.62. The monoisotopic (exact) mass is 435 g/mol. The minimum atomic E-state index is 0.00221. The number of rotatable bonds is 6. The van der Waals surface area contributed by atoms with Crippen LogP contribution < -0.4 is 14.8 Å². The van der Waals surface area contributed by atoms with Crippen LogP contribution in [0.15, 0.2) is 42.5 Å². The van der Waals surface area contributed by atoms with E-state index in [4.69, 9.17) is 18.9 Å². The van der Waals surface area contributed by atoms with E-state index in [9.17, 15) is 0 Å². The van der Waals surface area contributed by atoms with Gasteiger partial charge in [-0.2, -0.15) is 0 Å². The molecule has 5 nitrogen and oxygen atoms in total. The Kier molecular flexibility index (Phi) is 5.16. The first-order chi connectivity index (χ1) is 15.7. The van der Waals surface area contributed by atoms with Crippen LogP contribution in [0.3, 0.4) is 0 Å². The summed E-state index contributed by atoms with van der Waals surface area (Å²) < 4.78 is 24.9. The first-order valence-corrected chi connectivity index (χ1v) is 12.0. The lowest BCUT2D eigenvalue weighted by molar-refractivity contribution is -0.0484. The first-order valence-electron chi connectivity index (χ1n) is 12.0. The number of nitrogens with one attached hydrogen (secondary N) is 1. The summed E-state index contributed by atoms with van der Waals surface area (Å²) in [5, 5.41) is 3.85. The van der Waals surface area contributed by atoms with E-state index in [0.717, 1.165) is 50.3 Å². The van der Waals surface area contributed by atoms with E-state index in [1.54, 1.807) is 7.11 Å². The van der Waals surface area contributed by atoms with Gasteiger partial charge in [0.25, 0.3) is 0 Å². The second kappa shape index (κ2) is 8.05. The van der Waals surface area contributed by atoms with Crippen molar-refractivity contribution in [3.8, 4) is 11.5 Å². The smallest absolute Gasteiger partial charge is 0.165 e. The number of benzene rings is 2. The molecule has 1 saturated carbocycles. The normalized spacial score (nSPS) is 34.4. The summed E-state index contributed by atoms with van der Waals surface area (Å²) in [6, 6.07) is 15.3. The van der Waals surface area contributed by atoms with Crippen LogP contribution in [0.4, 0.5) is 0 Å². The van der Waals surface area contributed by atoms with Gasteiger partial charge in [-0.25, -0.2) is 0 Å². The Bertz CT molecular complexity index is 979. The van der Waals surface area contributed by atoms with Crippen molar-refractivity contribution in [3.63, 3.8) is 0 Å². The Balaban J connectivity index is 1.33. The molecule has 170 valence electrons. The number of ether oxygens (including phenoxy) is 4. The van der Waals surface area contributed by atoms with Gasteiger partial charge < -0.3 is 24.3 Å². The van der Waals surface area contributed by atoms with Crippen molar-refractivity contribution in [1.82, 2.24) is 5.32 Å². The third-order valence-corrected chi connectivity index (χ3v) is 8.44. The second-order valence-corrected chi connectivity index (χ2v) is 9.94. The molecule has 2 fully saturated rings. The van der Waals surface area contributed by atoms with Gasteiger partial charge in [-0.1, -0.05) is 36.4 Å². The molecule has 2 heterocycles. The zero-order chi connectivity index (χ0) is 21.7. The van der Waals surface area contributed by atoms with E-state index in [1.165, 1.54) is 16.7 Å². The zero-order valence-corrected chi connectivity index (χ0v) is 19.0. The van der Waals surface area contributed by atoms with Gasteiger partial charge in [0.05, 0.1) is 19.8 Å². The van der Waals surface area contributed by atoms with Gasteiger partial charge in [0, 0.05) is 30.7 Å². The Hall–Kier alpha value is -2.08. The van der Waals surface area contributed by atoms with Crippen molar-refractivity contribution in [2.45, 2.75) is 56.0 Å². The molecule has 0 amide bonds. The lowest BCUT2D eigenvalue weighted by Crippen LogP contribution is -2.63. The Labute approximate surface area is 190 Å². The molecule has 6 atom stereocenters. The van der Waals surface area contributed by atoms with Crippen molar-refractivity contribution in [1.29, 1.82) is 0 Å². The van der Waals surface area contributed by atoms with Gasteiger partial charge in [-0.15, -0.1) is 0 Å². The van der Waals surface area contributed by atoms with E-state index in [0.29, 0.717) is 24.5 Å². The number of methoxy groups -OCH3 is 2. The summed E-state index contributed by atoms with van der Waals surface area (Å²) in [7, 11) is 3.59. The summed E-state index contributed by atoms with van der Waals surface area (Å²) in [5.74, 6) is 2.81. The predicted molar refractivity (Wildman–Crippen MR) is 122 cm³/mol. The molecule has 1 spiro atoms. The van der Waals surface area contributed by atoms with Gasteiger partial charge in [-0.05, 0) is 61.3 Å². The summed E-state index contributed by atoms with van der Waals surface area (Å²) >= 11 is 0. The SMILES string of the molecule is COc1ccc2c3c1OC1C(OC)CC(COCc4ccccc4)CC4C(C2)NCCC341. The first kappa shape index (κ1) is 20.5. The van der Waals surface area contributed by atoms with Crippen LogP contribution in [0.1, 0.15) is 36.0 Å². The van der Waals surface area contributed by atoms with Crippen LogP contribution in [0, 0.1) is 11.8 Å². The molecule has 6 unspecified atom stereocenters. The van der Waals surface area contributed by atoms with Crippen LogP contribution in [0.5, 0.6) is 11.5 Å².